The molecule has 0 unspecified atom stereocenters. The number of hydrogen-bond donors (Lipinski definition) is 1. The van der Waals surface area contributed by atoms with E-state index in [0.29, 0.717) is 22.3 Å². The molecule has 0 bridgehead atoms. The first-order valence-corrected chi connectivity index (χ1v) is 8.55. The van der Waals surface area contributed by atoms with Crippen molar-refractivity contribution in [1.82, 2.24) is 5.32 Å². The number of amides is 1. The van der Waals surface area contributed by atoms with Crippen molar-refractivity contribution in [3.05, 3.63) is 52.5 Å². The second-order valence-electron chi connectivity index (χ2n) is 5.82. The number of nitrogens with one attached hydrogen (secondary N) is 1. The first-order chi connectivity index (χ1) is 13.0. The SMILES string of the molecule is COc1ccc(Cl)cc1C(=O)OCC(=O)N[C@@H](C)c1ccc2c(c1)OCO2. The summed E-state index contributed by atoms with van der Waals surface area (Å²) in [5.74, 6) is 0.489. The molecule has 7 nitrogen and oxygen atoms in total. The summed E-state index contributed by atoms with van der Waals surface area (Å²) >= 11 is 5.90. The van der Waals surface area contributed by atoms with E-state index in [2.05, 4.69) is 5.32 Å². The number of carbonyl (C=O) groups excluding carboxylic acids is 2. The van der Waals surface area contributed by atoms with Gasteiger partial charge in [-0.2, -0.15) is 0 Å². The molecule has 2 aromatic rings. The Hall–Kier alpha value is -2.93. The lowest BCUT2D eigenvalue weighted by Gasteiger charge is -2.15. The van der Waals surface area contributed by atoms with Crippen molar-refractivity contribution in [2.45, 2.75) is 13.0 Å². The van der Waals surface area contributed by atoms with Crippen LogP contribution in [0, 0.1) is 0 Å². The lowest BCUT2D eigenvalue weighted by Crippen LogP contribution is -2.31. The van der Waals surface area contributed by atoms with E-state index in [1.165, 1.54) is 13.2 Å². The maximum Gasteiger partial charge on any atom is 0.342 e. The predicted molar refractivity (Wildman–Crippen MR) is 97.4 cm³/mol. The molecule has 3 rings (SSSR count). The Morgan fingerprint density at radius 3 is 2.74 bits per heavy atom. The maximum atomic E-state index is 12.2. The first kappa shape index (κ1) is 18.8. The third kappa shape index (κ3) is 4.43. The van der Waals surface area contributed by atoms with Gasteiger partial charge in [-0.05, 0) is 42.8 Å². The monoisotopic (exact) mass is 391 g/mol. The largest absolute Gasteiger partial charge is 0.496 e. The van der Waals surface area contributed by atoms with Crippen molar-refractivity contribution in [2.24, 2.45) is 0 Å². The normalized spacial score (nSPS) is 13.0. The summed E-state index contributed by atoms with van der Waals surface area (Å²) < 4.78 is 20.8. The minimum absolute atomic E-state index is 0.154. The number of hydrogen-bond acceptors (Lipinski definition) is 6. The number of carbonyl (C=O) groups is 2. The highest BCUT2D eigenvalue weighted by molar-refractivity contribution is 6.31. The molecular formula is C19H18ClNO6. The molecule has 0 saturated heterocycles. The van der Waals surface area contributed by atoms with Crippen LogP contribution in [0.4, 0.5) is 0 Å². The fourth-order valence-electron chi connectivity index (χ4n) is 2.60. The van der Waals surface area contributed by atoms with Gasteiger partial charge in [0.2, 0.25) is 6.79 Å². The molecule has 1 amide bonds. The van der Waals surface area contributed by atoms with Gasteiger partial charge in [-0.25, -0.2) is 4.79 Å². The zero-order chi connectivity index (χ0) is 19.4. The molecular weight excluding hydrogens is 374 g/mol. The van der Waals surface area contributed by atoms with E-state index in [0.717, 1.165) is 5.56 Å². The molecule has 0 fully saturated rings. The van der Waals surface area contributed by atoms with E-state index in [9.17, 15) is 9.59 Å². The molecule has 0 aromatic heterocycles. The Bertz CT molecular complexity index is 869. The average molecular weight is 392 g/mol. The summed E-state index contributed by atoms with van der Waals surface area (Å²) in [6, 6.07) is 9.70. The zero-order valence-electron chi connectivity index (χ0n) is 14.8. The van der Waals surface area contributed by atoms with Crippen LogP contribution in [0.15, 0.2) is 36.4 Å². The third-order valence-electron chi connectivity index (χ3n) is 3.99. The number of fused-ring (bicyclic) bond motifs is 1. The van der Waals surface area contributed by atoms with Crippen LogP contribution in [-0.2, 0) is 9.53 Å². The van der Waals surface area contributed by atoms with Crippen LogP contribution in [0.1, 0.15) is 28.9 Å². The molecule has 8 heteroatoms. The van der Waals surface area contributed by atoms with Gasteiger partial charge in [0.05, 0.1) is 13.2 Å². The molecule has 0 saturated carbocycles. The van der Waals surface area contributed by atoms with Crippen LogP contribution < -0.4 is 19.5 Å². The smallest absolute Gasteiger partial charge is 0.342 e. The molecule has 1 heterocycles. The standard InChI is InChI=1S/C19H18ClNO6/c1-11(12-3-5-16-17(7-12)27-10-26-16)21-18(22)9-25-19(23)14-8-13(20)4-6-15(14)24-2/h3-8,11H,9-10H2,1-2H3,(H,21,22)/t11-/m0/s1. The van der Waals surface area contributed by atoms with Crippen molar-refractivity contribution >= 4 is 23.5 Å². The summed E-state index contributed by atoms with van der Waals surface area (Å²) in [7, 11) is 1.43. The summed E-state index contributed by atoms with van der Waals surface area (Å²) in [5, 5.41) is 3.13. The van der Waals surface area contributed by atoms with Crippen LogP contribution in [0.3, 0.4) is 0 Å². The van der Waals surface area contributed by atoms with Crippen molar-refractivity contribution < 1.29 is 28.5 Å². The second kappa shape index (κ2) is 8.18. The number of esters is 1. The molecule has 0 aliphatic carbocycles. The first-order valence-electron chi connectivity index (χ1n) is 8.17. The number of ether oxygens (including phenoxy) is 4. The van der Waals surface area contributed by atoms with E-state index >= 15 is 0 Å². The molecule has 1 aliphatic rings. The number of halogens is 1. The van der Waals surface area contributed by atoms with E-state index < -0.39 is 18.5 Å². The van der Waals surface area contributed by atoms with Crippen LogP contribution in [-0.4, -0.2) is 32.4 Å². The quantitative estimate of drug-likeness (QED) is 0.762. The molecule has 0 radical (unpaired) electrons. The van der Waals surface area contributed by atoms with Crippen LogP contribution in [0.5, 0.6) is 17.2 Å². The van der Waals surface area contributed by atoms with E-state index in [1.54, 1.807) is 24.3 Å². The summed E-state index contributed by atoms with van der Waals surface area (Å²) in [6.45, 7) is 1.57. The van der Waals surface area contributed by atoms with Crippen molar-refractivity contribution in [3.63, 3.8) is 0 Å². The zero-order valence-corrected chi connectivity index (χ0v) is 15.5. The fourth-order valence-corrected chi connectivity index (χ4v) is 2.77. The molecule has 0 spiro atoms. The van der Waals surface area contributed by atoms with Crippen molar-refractivity contribution in [1.29, 1.82) is 0 Å². The summed E-state index contributed by atoms with van der Waals surface area (Å²) in [5.41, 5.74) is 0.997. The lowest BCUT2D eigenvalue weighted by molar-refractivity contribution is -0.124. The van der Waals surface area contributed by atoms with Gasteiger partial charge < -0.3 is 24.3 Å². The topological polar surface area (TPSA) is 83.1 Å². The van der Waals surface area contributed by atoms with E-state index in [4.69, 9.17) is 30.5 Å². The Morgan fingerprint density at radius 2 is 1.96 bits per heavy atom. The van der Waals surface area contributed by atoms with Gasteiger partial charge in [-0.3, -0.25) is 4.79 Å². The second-order valence-corrected chi connectivity index (χ2v) is 6.26. The fraction of sp³-hybridized carbons (Fsp3) is 0.263. The minimum Gasteiger partial charge on any atom is -0.496 e. The van der Waals surface area contributed by atoms with Crippen LogP contribution >= 0.6 is 11.6 Å². The molecule has 27 heavy (non-hydrogen) atoms. The Kier molecular flexibility index (Phi) is 5.71. The van der Waals surface area contributed by atoms with Gasteiger partial charge in [0.25, 0.3) is 5.91 Å². The predicted octanol–water partition coefficient (Wildman–Crippen LogP) is 3.11. The average Bonchev–Trinajstić information content (AvgIpc) is 3.13. The lowest BCUT2D eigenvalue weighted by atomic mass is 10.1. The van der Waals surface area contributed by atoms with Crippen LogP contribution in [0.25, 0.3) is 0 Å². The van der Waals surface area contributed by atoms with E-state index in [-0.39, 0.29) is 18.4 Å². The van der Waals surface area contributed by atoms with Crippen molar-refractivity contribution in [2.75, 3.05) is 20.5 Å². The molecule has 1 aliphatic heterocycles. The highest BCUT2D eigenvalue weighted by Gasteiger charge is 2.19. The van der Waals surface area contributed by atoms with Gasteiger partial charge >= 0.3 is 5.97 Å². The van der Waals surface area contributed by atoms with Gasteiger partial charge in [0, 0.05) is 5.02 Å². The van der Waals surface area contributed by atoms with Crippen molar-refractivity contribution in [3.8, 4) is 17.2 Å². The summed E-state index contributed by atoms with van der Waals surface area (Å²) in [4.78, 5) is 24.3. The molecule has 2 aromatic carbocycles. The molecule has 1 N–H and O–H groups in total. The maximum absolute atomic E-state index is 12.2. The highest BCUT2D eigenvalue weighted by Crippen LogP contribution is 2.34. The summed E-state index contributed by atoms with van der Waals surface area (Å²) in [6.07, 6.45) is 0. The third-order valence-corrected chi connectivity index (χ3v) is 4.23. The number of methoxy groups -OCH3 is 1. The Morgan fingerprint density at radius 1 is 1.19 bits per heavy atom. The van der Waals surface area contributed by atoms with Gasteiger partial charge in [-0.1, -0.05) is 17.7 Å². The van der Waals surface area contributed by atoms with E-state index in [1.807, 2.05) is 13.0 Å². The Balaban J connectivity index is 1.56. The molecule has 142 valence electrons. The van der Waals surface area contributed by atoms with Crippen LogP contribution in [0.2, 0.25) is 5.02 Å². The van der Waals surface area contributed by atoms with Gasteiger partial charge in [-0.15, -0.1) is 0 Å². The number of rotatable bonds is 6. The number of benzene rings is 2. The highest BCUT2D eigenvalue weighted by atomic mass is 35.5. The Labute approximate surface area is 161 Å². The minimum atomic E-state index is -0.694. The molecule has 1 atom stereocenters. The van der Waals surface area contributed by atoms with Gasteiger partial charge in [0.15, 0.2) is 18.1 Å². The van der Waals surface area contributed by atoms with Gasteiger partial charge in [0.1, 0.15) is 11.3 Å².